The lowest BCUT2D eigenvalue weighted by Gasteiger charge is -2.18. The molecule has 30 heavy (non-hydrogen) atoms. The molecule has 0 bridgehead atoms. The molecular formula is C22H26BrF2N3O2. The van der Waals surface area contributed by atoms with Gasteiger partial charge < -0.3 is 10.0 Å². The summed E-state index contributed by atoms with van der Waals surface area (Å²) >= 11 is 3.42. The number of hydrogen-bond donors (Lipinski definition) is 1. The zero-order chi connectivity index (χ0) is 22.5. The van der Waals surface area contributed by atoms with Gasteiger partial charge in [0.2, 0.25) is 0 Å². The standard InChI is InChI=1S/C22H26BrF2N3O2/c1-5-6-16(24)11-28(4)12-19(23)17-8-18(20(25)7-14(17)13-29)21-26-9-15(10-27-21)22(2,3)30/h7-10,12-13,16,30H,5-6,11H2,1-4H3/b19-12+. The Labute approximate surface area is 184 Å². The third-order valence-corrected chi connectivity index (χ3v) is 5.18. The van der Waals surface area contributed by atoms with Crippen molar-refractivity contribution in [1.82, 2.24) is 14.9 Å². The monoisotopic (exact) mass is 481 g/mol. The molecule has 0 saturated carbocycles. The first-order valence-corrected chi connectivity index (χ1v) is 10.4. The number of rotatable bonds is 9. The molecule has 1 atom stereocenters. The minimum Gasteiger partial charge on any atom is -0.386 e. The Morgan fingerprint density at radius 3 is 2.50 bits per heavy atom. The summed E-state index contributed by atoms with van der Waals surface area (Å²) in [6.07, 6.45) is 5.34. The average molecular weight is 482 g/mol. The highest BCUT2D eigenvalue weighted by Crippen LogP contribution is 2.31. The van der Waals surface area contributed by atoms with Crippen LogP contribution in [0.3, 0.4) is 0 Å². The van der Waals surface area contributed by atoms with E-state index in [1.54, 1.807) is 32.0 Å². The molecule has 1 aromatic heterocycles. The molecule has 0 fully saturated rings. The Morgan fingerprint density at radius 1 is 1.33 bits per heavy atom. The fraction of sp³-hybridized carbons (Fsp3) is 0.409. The van der Waals surface area contributed by atoms with Gasteiger partial charge in [-0.15, -0.1) is 0 Å². The molecule has 0 aliphatic rings. The van der Waals surface area contributed by atoms with Gasteiger partial charge in [0.25, 0.3) is 0 Å². The highest BCUT2D eigenvalue weighted by molar-refractivity contribution is 9.15. The minimum atomic E-state index is -1.12. The van der Waals surface area contributed by atoms with Gasteiger partial charge in [0.1, 0.15) is 12.0 Å². The summed E-state index contributed by atoms with van der Waals surface area (Å²) in [5, 5.41) is 10.0. The van der Waals surface area contributed by atoms with Crippen molar-refractivity contribution in [3.8, 4) is 11.4 Å². The lowest BCUT2D eigenvalue weighted by Crippen LogP contribution is -2.22. The molecule has 2 aromatic rings. The molecule has 8 heteroatoms. The normalized spacial score (nSPS) is 13.3. The molecule has 0 aliphatic heterocycles. The van der Waals surface area contributed by atoms with E-state index < -0.39 is 17.6 Å². The third-order valence-electron chi connectivity index (χ3n) is 4.54. The molecule has 0 spiro atoms. The Hall–Kier alpha value is -2.19. The number of carbonyl (C=O) groups excluding carboxylic acids is 1. The molecule has 162 valence electrons. The van der Waals surface area contributed by atoms with Gasteiger partial charge in [0, 0.05) is 53.4 Å². The quantitative estimate of drug-likeness (QED) is 0.505. The largest absolute Gasteiger partial charge is 0.386 e. The summed E-state index contributed by atoms with van der Waals surface area (Å²) in [4.78, 5) is 21.5. The molecule has 0 amide bonds. The second-order valence-corrected chi connectivity index (χ2v) is 8.55. The number of benzene rings is 1. The van der Waals surface area contributed by atoms with Crippen LogP contribution in [0.25, 0.3) is 15.9 Å². The Kier molecular flexibility index (Phi) is 8.20. The maximum absolute atomic E-state index is 14.6. The predicted molar refractivity (Wildman–Crippen MR) is 117 cm³/mol. The van der Waals surface area contributed by atoms with Gasteiger partial charge in [0.15, 0.2) is 12.1 Å². The number of hydrogen-bond acceptors (Lipinski definition) is 5. The fourth-order valence-electron chi connectivity index (χ4n) is 2.88. The van der Waals surface area contributed by atoms with E-state index in [0.717, 1.165) is 12.5 Å². The zero-order valence-corrected chi connectivity index (χ0v) is 19.1. The van der Waals surface area contributed by atoms with E-state index >= 15 is 0 Å². The van der Waals surface area contributed by atoms with Gasteiger partial charge in [-0.3, -0.25) is 4.79 Å². The Bertz CT molecular complexity index is 912. The van der Waals surface area contributed by atoms with Gasteiger partial charge >= 0.3 is 0 Å². The number of aromatic nitrogens is 2. The summed E-state index contributed by atoms with van der Waals surface area (Å²) in [5.74, 6) is -0.517. The Balaban J connectivity index is 2.41. The van der Waals surface area contributed by atoms with E-state index in [0.29, 0.717) is 28.3 Å². The van der Waals surface area contributed by atoms with Crippen LogP contribution >= 0.6 is 15.9 Å². The second kappa shape index (κ2) is 10.2. The van der Waals surface area contributed by atoms with E-state index in [9.17, 15) is 18.7 Å². The van der Waals surface area contributed by atoms with Gasteiger partial charge in [-0.05, 0) is 48.3 Å². The molecular weight excluding hydrogens is 456 g/mol. The lowest BCUT2D eigenvalue weighted by atomic mass is 10.0. The van der Waals surface area contributed by atoms with Crippen LogP contribution in [0.4, 0.5) is 8.78 Å². The predicted octanol–water partition coefficient (Wildman–Crippen LogP) is 5.09. The number of carbonyl (C=O) groups is 1. The summed E-state index contributed by atoms with van der Waals surface area (Å²) < 4.78 is 29.0. The van der Waals surface area contributed by atoms with Crippen LogP contribution < -0.4 is 0 Å². The molecule has 1 N–H and O–H groups in total. The smallest absolute Gasteiger partial charge is 0.162 e. The van der Waals surface area contributed by atoms with Crippen molar-refractivity contribution in [1.29, 1.82) is 0 Å². The fourth-order valence-corrected chi connectivity index (χ4v) is 3.57. The van der Waals surface area contributed by atoms with Gasteiger partial charge in [0.05, 0.1) is 11.2 Å². The summed E-state index contributed by atoms with van der Waals surface area (Å²) in [6.45, 7) is 5.33. The van der Waals surface area contributed by atoms with Crippen LogP contribution in [-0.2, 0) is 5.60 Å². The number of alkyl halides is 1. The molecule has 0 radical (unpaired) electrons. The maximum atomic E-state index is 14.6. The topological polar surface area (TPSA) is 66.3 Å². The third kappa shape index (κ3) is 6.15. The van der Waals surface area contributed by atoms with E-state index in [-0.39, 0.29) is 23.5 Å². The Morgan fingerprint density at radius 2 is 1.97 bits per heavy atom. The molecule has 1 heterocycles. The molecule has 1 unspecified atom stereocenters. The van der Waals surface area contributed by atoms with Gasteiger partial charge in [-0.25, -0.2) is 18.7 Å². The lowest BCUT2D eigenvalue weighted by molar-refractivity contribution is 0.0778. The highest BCUT2D eigenvalue weighted by atomic mass is 79.9. The van der Waals surface area contributed by atoms with E-state index in [4.69, 9.17) is 0 Å². The first kappa shape index (κ1) is 24.1. The molecule has 5 nitrogen and oxygen atoms in total. The number of halogens is 3. The first-order valence-electron chi connectivity index (χ1n) is 9.62. The van der Waals surface area contributed by atoms with Crippen LogP contribution in [0.15, 0.2) is 30.7 Å². The van der Waals surface area contributed by atoms with Crippen LogP contribution in [-0.4, -0.2) is 46.0 Å². The van der Waals surface area contributed by atoms with E-state index in [2.05, 4.69) is 25.9 Å². The summed E-state index contributed by atoms with van der Waals surface area (Å²) in [6, 6.07) is 2.60. The highest BCUT2D eigenvalue weighted by Gasteiger charge is 2.19. The average Bonchev–Trinajstić information content (AvgIpc) is 2.67. The van der Waals surface area contributed by atoms with Crippen molar-refractivity contribution >= 4 is 26.7 Å². The van der Waals surface area contributed by atoms with Crippen molar-refractivity contribution in [2.24, 2.45) is 0 Å². The van der Waals surface area contributed by atoms with Crippen molar-refractivity contribution in [2.45, 2.75) is 45.4 Å². The number of nitrogens with zero attached hydrogens (tertiary/aromatic N) is 3. The first-order chi connectivity index (χ1) is 14.1. The van der Waals surface area contributed by atoms with Crippen molar-refractivity contribution in [3.05, 3.63) is 53.2 Å². The molecule has 1 aromatic carbocycles. The van der Waals surface area contributed by atoms with Crippen molar-refractivity contribution in [3.63, 3.8) is 0 Å². The number of aliphatic hydroxyl groups is 1. The SMILES string of the molecule is CCCC(F)CN(C)/C=C(/Br)c1cc(-c2ncc(C(C)(C)O)cn2)c(F)cc1C=O. The van der Waals surface area contributed by atoms with Gasteiger partial charge in [-0.1, -0.05) is 13.3 Å². The molecule has 0 saturated heterocycles. The molecule has 2 rings (SSSR count). The van der Waals surface area contributed by atoms with Crippen molar-refractivity contribution < 1.29 is 18.7 Å². The number of aldehydes is 1. The van der Waals surface area contributed by atoms with E-state index in [1.165, 1.54) is 18.5 Å². The second-order valence-electron chi connectivity index (χ2n) is 7.69. The van der Waals surface area contributed by atoms with Crippen LogP contribution in [0.5, 0.6) is 0 Å². The maximum Gasteiger partial charge on any atom is 0.162 e. The summed E-state index contributed by atoms with van der Waals surface area (Å²) in [7, 11) is 1.73. The van der Waals surface area contributed by atoms with Crippen molar-refractivity contribution in [2.75, 3.05) is 13.6 Å². The van der Waals surface area contributed by atoms with Gasteiger partial charge in [-0.2, -0.15) is 0 Å². The molecule has 0 aliphatic carbocycles. The zero-order valence-electron chi connectivity index (χ0n) is 17.5. The van der Waals surface area contributed by atoms with Crippen LogP contribution in [0, 0.1) is 5.82 Å². The van der Waals surface area contributed by atoms with E-state index in [1.807, 2.05) is 6.92 Å². The van der Waals surface area contributed by atoms with Crippen LogP contribution in [0.2, 0.25) is 0 Å². The minimum absolute atomic E-state index is 0.111. The van der Waals surface area contributed by atoms with Crippen LogP contribution in [0.1, 0.15) is 55.1 Å². The summed E-state index contributed by atoms with van der Waals surface area (Å²) in [5.41, 5.74) is 0.0687.